The Balaban J connectivity index is 2.01. The molecule has 1 aliphatic heterocycles. The van der Waals surface area contributed by atoms with Crippen LogP contribution in [0.25, 0.3) is 0 Å². The molecular formula is C18H21NO4S. The van der Waals surface area contributed by atoms with Crippen LogP contribution in [0.4, 0.5) is 5.69 Å². The minimum atomic E-state index is -3.67. The lowest BCUT2D eigenvalue weighted by molar-refractivity contribution is 0.297. The van der Waals surface area contributed by atoms with E-state index in [1.807, 2.05) is 32.0 Å². The number of rotatable bonds is 4. The maximum atomic E-state index is 13.1. The predicted molar refractivity (Wildman–Crippen MR) is 93.4 cm³/mol. The third-order valence-corrected chi connectivity index (χ3v) is 5.78. The monoisotopic (exact) mass is 347 g/mol. The number of fused-ring (bicyclic) bond motifs is 1. The molecule has 5 nitrogen and oxygen atoms in total. The molecule has 0 saturated carbocycles. The van der Waals surface area contributed by atoms with Crippen molar-refractivity contribution >= 4 is 15.7 Å². The Hall–Kier alpha value is -2.21. The van der Waals surface area contributed by atoms with Crippen LogP contribution in [-0.4, -0.2) is 28.2 Å². The van der Waals surface area contributed by atoms with Gasteiger partial charge in [0.2, 0.25) is 0 Å². The van der Waals surface area contributed by atoms with E-state index in [1.54, 1.807) is 24.3 Å². The van der Waals surface area contributed by atoms with Gasteiger partial charge in [0, 0.05) is 19.0 Å². The van der Waals surface area contributed by atoms with Gasteiger partial charge in [-0.15, -0.1) is 0 Å². The third kappa shape index (κ3) is 3.19. The van der Waals surface area contributed by atoms with Gasteiger partial charge >= 0.3 is 0 Å². The van der Waals surface area contributed by atoms with Gasteiger partial charge in [-0.1, -0.05) is 12.1 Å². The van der Waals surface area contributed by atoms with E-state index in [0.717, 1.165) is 12.0 Å². The number of anilines is 1. The second kappa shape index (κ2) is 6.73. The summed E-state index contributed by atoms with van der Waals surface area (Å²) >= 11 is 0. The fraction of sp³-hybridized carbons (Fsp3) is 0.333. The van der Waals surface area contributed by atoms with Gasteiger partial charge in [0.05, 0.1) is 23.8 Å². The molecule has 2 aromatic carbocycles. The zero-order chi connectivity index (χ0) is 17.2. The van der Waals surface area contributed by atoms with E-state index < -0.39 is 10.0 Å². The zero-order valence-corrected chi connectivity index (χ0v) is 14.7. The van der Waals surface area contributed by atoms with Crippen LogP contribution in [0.2, 0.25) is 0 Å². The summed E-state index contributed by atoms with van der Waals surface area (Å²) in [7, 11) is -3.67. The fourth-order valence-corrected chi connectivity index (χ4v) is 4.19. The Morgan fingerprint density at radius 1 is 1.04 bits per heavy atom. The van der Waals surface area contributed by atoms with Crippen LogP contribution in [0, 0.1) is 6.92 Å². The quantitative estimate of drug-likeness (QED) is 0.851. The molecule has 0 fully saturated rings. The highest BCUT2D eigenvalue weighted by Crippen LogP contribution is 2.34. The highest BCUT2D eigenvalue weighted by atomic mass is 32.2. The summed E-state index contributed by atoms with van der Waals surface area (Å²) < 4.78 is 38.7. The van der Waals surface area contributed by atoms with Crippen molar-refractivity contribution < 1.29 is 17.9 Å². The van der Waals surface area contributed by atoms with Crippen LogP contribution in [0.3, 0.4) is 0 Å². The zero-order valence-electron chi connectivity index (χ0n) is 13.9. The normalized spacial score (nSPS) is 14.1. The summed E-state index contributed by atoms with van der Waals surface area (Å²) in [6.45, 7) is 5.20. The number of hydrogen-bond acceptors (Lipinski definition) is 4. The summed E-state index contributed by atoms with van der Waals surface area (Å²) in [5.74, 6) is 1.07. The number of benzene rings is 2. The smallest absolute Gasteiger partial charge is 0.264 e. The lowest BCUT2D eigenvalue weighted by atomic mass is 10.2. The number of ether oxygens (including phenoxy) is 2. The summed E-state index contributed by atoms with van der Waals surface area (Å²) in [6.07, 6.45) is 0.779. The number of aryl methyl sites for hydroxylation is 1. The van der Waals surface area contributed by atoms with Crippen LogP contribution in [0.15, 0.2) is 47.4 Å². The van der Waals surface area contributed by atoms with Crippen LogP contribution in [0.1, 0.15) is 18.9 Å². The molecule has 0 bridgehead atoms. The maximum absolute atomic E-state index is 13.1. The Morgan fingerprint density at radius 2 is 1.79 bits per heavy atom. The molecule has 0 spiro atoms. The van der Waals surface area contributed by atoms with Gasteiger partial charge in [0.1, 0.15) is 0 Å². The lowest BCUT2D eigenvalue weighted by Crippen LogP contribution is -2.30. The van der Waals surface area contributed by atoms with E-state index in [1.165, 1.54) is 4.31 Å². The Labute approximate surface area is 142 Å². The lowest BCUT2D eigenvalue weighted by Gasteiger charge is -2.23. The largest absolute Gasteiger partial charge is 0.490 e. The van der Waals surface area contributed by atoms with Crippen LogP contribution >= 0.6 is 0 Å². The van der Waals surface area contributed by atoms with Gasteiger partial charge in [-0.3, -0.25) is 4.31 Å². The standard InChI is InChI=1S/C18H21NO4S/c1-3-19(15-7-4-6-14(2)12-15)24(20,21)16-8-9-17-18(13-16)23-11-5-10-22-17/h4,6-9,12-13H,3,5,10-11H2,1-2H3. The first-order valence-corrected chi connectivity index (χ1v) is 9.45. The molecule has 0 N–H and O–H groups in total. The van der Waals surface area contributed by atoms with Crippen molar-refractivity contribution in [2.24, 2.45) is 0 Å². The molecule has 1 heterocycles. The second-order valence-electron chi connectivity index (χ2n) is 5.67. The number of sulfonamides is 1. The minimum absolute atomic E-state index is 0.204. The SMILES string of the molecule is CCN(c1cccc(C)c1)S(=O)(=O)c1ccc2c(c1)OCCCO2. The summed E-state index contributed by atoms with van der Waals surface area (Å²) in [5, 5.41) is 0. The Bertz CT molecular complexity index is 833. The van der Waals surface area contributed by atoms with E-state index in [9.17, 15) is 8.42 Å². The molecule has 0 amide bonds. The molecule has 0 aliphatic carbocycles. The first-order valence-electron chi connectivity index (χ1n) is 8.01. The van der Waals surface area contributed by atoms with Gasteiger partial charge in [-0.2, -0.15) is 0 Å². The highest BCUT2D eigenvalue weighted by molar-refractivity contribution is 7.92. The Kier molecular flexibility index (Phi) is 4.66. The van der Waals surface area contributed by atoms with Crippen molar-refractivity contribution in [1.29, 1.82) is 0 Å². The van der Waals surface area contributed by atoms with E-state index in [4.69, 9.17) is 9.47 Å². The van der Waals surface area contributed by atoms with Crippen molar-refractivity contribution in [1.82, 2.24) is 0 Å². The molecule has 1 aliphatic rings. The highest BCUT2D eigenvalue weighted by Gasteiger charge is 2.25. The molecule has 6 heteroatoms. The molecular weight excluding hydrogens is 326 g/mol. The Morgan fingerprint density at radius 3 is 2.50 bits per heavy atom. The predicted octanol–water partition coefficient (Wildman–Crippen LogP) is 3.37. The van der Waals surface area contributed by atoms with Crippen LogP contribution < -0.4 is 13.8 Å². The molecule has 0 unspecified atom stereocenters. The van der Waals surface area contributed by atoms with E-state index >= 15 is 0 Å². The van der Waals surface area contributed by atoms with Crippen molar-refractivity contribution in [2.45, 2.75) is 25.2 Å². The van der Waals surface area contributed by atoms with Gasteiger partial charge in [-0.05, 0) is 43.7 Å². The number of hydrogen-bond donors (Lipinski definition) is 0. The van der Waals surface area contributed by atoms with Gasteiger partial charge in [0.15, 0.2) is 11.5 Å². The fourth-order valence-electron chi connectivity index (χ4n) is 2.71. The average Bonchev–Trinajstić information content (AvgIpc) is 2.80. The maximum Gasteiger partial charge on any atom is 0.264 e. The van der Waals surface area contributed by atoms with Crippen molar-refractivity contribution in [3.05, 3.63) is 48.0 Å². The first kappa shape index (κ1) is 16.6. The van der Waals surface area contributed by atoms with E-state index in [0.29, 0.717) is 36.9 Å². The molecule has 0 saturated heterocycles. The van der Waals surface area contributed by atoms with Gasteiger partial charge < -0.3 is 9.47 Å². The second-order valence-corrected chi connectivity index (χ2v) is 7.53. The molecule has 0 radical (unpaired) electrons. The first-order chi connectivity index (χ1) is 11.5. The minimum Gasteiger partial charge on any atom is -0.490 e. The summed E-state index contributed by atoms with van der Waals surface area (Å²) in [6, 6.07) is 12.3. The number of nitrogens with zero attached hydrogens (tertiary/aromatic N) is 1. The van der Waals surface area contributed by atoms with Crippen LogP contribution in [-0.2, 0) is 10.0 Å². The van der Waals surface area contributed by atoms with Crippen molar-refractivity contribution in [2.75, 3.05) is 24.1 Å². The van der Waals surface area contributed by atoms with E-state index in [-0.39, 0.29) is 4.90 Å². The van der Waals surface area contributed by atoms with Crippen molar-refractivity contribution in [3.63, 3.8) is 0 Å². The summed E-state index contributed by atoms with van der Waals surface area (Å²) in [5.41, 5.74) is 1.67. The van der Waals surface area contributed by atoms with Crippen molar-refractivity contribution in [3.8, 4) is 11.5 Å². The van der Waals surface area contributed by atoms with E-state index in [2.05, 4.69) is 0 Å². The molecule has 24 heavy (non-hydrogen) atoms. The molecule has 128 valence electrons. The topological polar surface area (TPSA) is 55.8 Å². The van der Waals surface area contributed by atoms with Gasteiger partial charge in [-0.25, -0.2) is 8.42 Å². The molecule has 3 rings (SSSR count). The molecule has 0 atom stereocenters. The third-order valence-electron chi connectivity index (χ3n) is 3.88. The molecule has 2 aromatic rings. The summed E-state index contributed by atoms with van der Waals surface area (Å²) in [4.78, 5) is 0.204. The average molecular weight is 347 g/mol. The molecule has 0 aromatic heterocycles. The van der Waals surface area contributed by atoms with Gasteiger partial charge in [0.25, 0.3) is 10.0 Å². The van der Waals surface area contributed by atoms with Crippen LogP contribution in [0.5, 0.6) is 11.5 Å².